The van der Waals surface area contributed by atoms with Crippen LogP contribution >= 0.6 is 24.0 Å². The molecular weight excluding hydrogens is 496 g/mol. The van der Waals surface area contributed by atoms with Crippen molar-refractivity contribution < 1.29 is 9.13 Å². The number of halogens is 2. The third-order valence-corrected chi connectivity index (χ3v) is 5.95. The fourth-order valence-electron chi connectivity index (χ4n) is 4.04. The van der Waals surface area contributed by atoms with E-state index in [0.29, 0.717) is 25.4 Å². The smallest absolute Gasteiger partial charge is 0.191 e. The summed E-state index contributed by atoms with van der Waals surface area (Å²) in [7, 11) is 1.77. The van der Waals surface area contributed by atoms with Crippen molar-refractivity contribution in [1.82, 2.24) is 15.5 Å². The van der Waals surface area contributed by atoms with Gasteiger partial charge in [0.2, 0.25) is 0 Å². The summed E-state index contributed by atoms with van der Waals surface area (Å²) in [5.74, 6) is 0.563. The number of benzene rings is 1. The largest absolute Gasteiger partial charge is 0.378 e. The van der Waals surface area contributed by atoms with Crippen molar-refractivity contribution >= 4 is 35.6 Å². The number of anilines is 1. The van der Waals surface area contributed by atoms with Gasteiger partial charge in [-0.3, -0.25) is 9.89 Å². The maximum atomic E-state index is 14.6. The number of hydrogen-bond acceptors (Lipinski definition) is 4. The number of ether oxygens (including phenoxy) is 1. The molecule has 0 bridgehead atoms. The summed E-state index contributed by atoms with van der Waals surface area (Å²) in [6.07, 6.45) is 3.90. The van der Waals surface area contributed by atoms with Crippen LogP contribution < -0.4 is 15.5 Å². The zero-order valence-electron chi connectivity index (χ0n) is 18.5. The molecule has 0 unspecified atom stereocenters. The molecule has 0 radical (unpaired) electrons. The molecule has 1 aromatic carbocycles. The van der Waals surface area contributed by atoms with Crippen molar-refractivity contribution in [2.45, 2.75) is 45.2 Å². The molecule has 0 saturated carbocycles. The standard InChI is InChI=1S/C22H36FN5O.HI/c1-22(2,28-9-5-4-6-10-28)17-26-21(24-3)25-16-18-7-8-20(19(23)15-18)27-11-13-29-14-12-27;/h7-8,15H,4-6,9-14,16-17H2,1-3H3,(H2,24,25,26);1H. The third kappa shape index (κ3) is 6.95. The minimum atomic E-state index is -0.180. The molecule has 2 N–H and O–H groups in total. The Balaban J connectivity index is 0.00000320. The van der Waals surface area contributed by atoms with Crippen LogP contribution in [-0.4, -0.2) is 69.4 Å². The predicted octanol–water partition coefficient (Wildman–Crippen LogP) is 3.21. The monoisotopic (exact) mass is 533 g/mol. The molecule has 170 valence electrons. The van der Waals surface area contributed by atoms with Crippen LogP contribution in [0.4, 0.5) is 10.1 Å². The molecule has 3 rings (SSSR count). The van der Waals surface area contributed by atoms with Gasteiger partial charge in [0, 0.05) is 38.8 Å². The number of nitrogens with one attached hydrogen (secondary N) is 2. The SMILES string of the molecule is CN=C(NCc1ccc(N2CCOCC2)c(F)c1)NCC(C)(C)N1CCCCC1.I. The average Bonchev–Trinajstić information content (AvgIpc) is 2.75. The molecule has 2 aliphatic heterocycles. The summed E-state index contributed by atoms with van der Waals surface area (Å²) in [6, 6.07) is 5.46. The van der Waals surface area contributed by atoms with Crippen LogP contribution in [0.2, 0.25) is 0 Å². The topological polar surface area (TPSA) is 52.1 Å². The lowest BCUT2D eigenvalue weighted by Crippen LogP contribution is -2.54. The van der Waals surface area contributed by atoms with Crippen molar-refractivity contribution in [1.29, 1.82) is 0 Å². The molecule has 2 aliphatic rings. The van der Waals surface area contributed by atoms with E-state index in [1.165, 1.54) is 19.3 Å². The first-order chi connectivity index (χ1) is 14.0. The van der Waals surface area contributed by atoms with Crippen molar-refractivity contribution in [3.05, 3.63) is 29.6 Å². The molecule has 0 amide bonds. The van der Waals surface area contributed by atoms with Crippen molar-refractivity contribution in [2.75, 3.05) is 57.9 Å². The number of aliphatic imine (C=N–C) groups is 1. The first kappa shape index (κ1) is 25.1. The lowest BCUT2D eigenvalue weighted by molar-refractivity contribution is 0.0982. The fourth-order valence-corrected chi connectivity index (χ4v) is 4.04. The second-order valence-corrected chi connectivity index (χ2v) is 8.52. The molecule has 0 atom stereocenters. The summed E-state index contributed by atoms with van der Waals surface area (Å²) < 4.78 is 19.9. The van der Waals surface area contributed by atoms with Gasteiger partial charge in [-0.2, -0.15) is 0 Å². The van der Waals surface area contributed by atoms with E-state index >= 15 is 0 Å². The van der Waals surface area contributed by atoms with Gasteiger partial charge < -0.3 is 20.3 Å². The molecule has 1 aromatic rings. The molecule has 0 aromatic heterocycles. The molecule has 0 spiro atoms. The molecule has 30 heavy (non-hydrogen) atoms. The van der Waals surface area contributed by atoms with Crippen LogP contribution in [0.15, 0.2) is 23.2 Å². The van der Waals surface area contributed by atoms with E-state index in [4.69, 9.17) is 4.74 Å². The summed E-state index contributed by atoms with van der Waals surface area (Å²) in [5, 5.41) is 6.74. The Morgan fingerprint density at radius 3 is 2.43 bits per heavy atom. The third-order valence-electron chi connectivity index (χ3n) is 5.95. The maximum Gasteiger partial charge on any atom is 0.191 e. The fraction of sp³-hybridized carbons (Fsp3) is 0.682. The summed E-state index contributed by atoms with van der Waals surface area (Å²) in [6.45, 7) is 11.0. The predicted molar refractivity (Wildman–Crippen MR) is 133 cm³/mol. The quantitative estimate of drug-likeness (QED) is 0.334. The highest BCUT2D eigenvalue weighted by Gasteiger charge is 2.27. The lowest BCUT2D eigenvalue weighted by Gasteiger charge is -2.41. The molecule has 2 saturated heterocycles. The van der Waals surface area contributed by atoms with Crippen LogP contribution in [0, 0.1) is 5.82 Å². The highest BCUT2D eigenvalue weighted by molar-refractivity contribution is 14.0. The second-order valence-electron chi connectivity index (χ2n) is 8.52. The Labute approximate surface area is 197 Å². The van der Waals surface area contributed by atoms with Gasteiger partial charge in [0.1, 0.15) is 5.82 Å². The van der Waals surface area contributed by atoms with E-state index in [9.17, 15) is 4.39 Å². The molecular formula is C22H37FIN5O. The van der Waals surface area contributed by atoms with Crippen LogP contribution in [0.3, 0.4) is 0 Å². The van der Waals surface area contributed by atoms with Crippen LogP contribution in [0.25, 0.3) is 0 Å². The van der Waals surface area contributed by atoms with Crippen LogP contribution in [-0.2, 0) is 11.3 Å². The maximum absolute atomic E-state index is 14.6. The lowest BCUT2D eigenvalue weighted by atomic mass is 9.98. The Hall–Kier alpha value is -1.13. The highest BCUT2D eigenvalue weighted by atomic mass is 127. The Morgan fingerprint density at radius 2 is 1.80 bits per heavy atom. The normalized spacial score (nSPS) is 18.7. The van der Waals surface area contributed by atoms with Gasteiger partial charge in [0.25, 0.3) is 0 Å². The number of hydrogen-bond donors (Lipinski definition) is 2. The summed E-state index contributed by atoms with van der Waals surface area (Å²) in [4.78, 5) is 8.92. The van der Waals surface area contributed by atoms with E-state index in [-0.39, 0.29) is 35.3 Å². The second kappa shape index (κ2) is 12.0. The molecule has 0 aliphatic carbocycles. The van der Waals surface area contributed by atoms with Crippen LogP contribution in [0.1, 0.15) is 38.7 Å². The first-order valence-corrected chi connectivity index (χ1v) is 10.8. The van der Waals surface area contributed by atoms with E-state index in [0.717, 1.165) is 44.2 Å². The number of piperidine rings is 1. The van der Waals surface area contributed by atoms with Crippen LogP contribution in [0.5, 0.6) is 0 Å². The molecule has 2 heterocycles. The van der Waals surface area contributed by atoms with Gasteiger partial charge >= 0.3 is 0 Å². The molecule has 8 heteroatoms. The summed E-state index contributed by atoms with van der Waals surface area (Å²) >= 11 is 0. The minimum Gasteiger partial charge on any atom is -0.378 e. The van der Waals surface area contributed by atoms with Crippen molar-refractivity contribution in [2.24, 2.45) is 4.99 Å². The van der Waals surface area contributed by atoms with Crippen molar-refractivity contribution in [3.8, 4) is 0 Å². The van der Waals surface area contributed by atoms with Gasteiger partial charge in [-0.25, -0.2) is 4.39 Å². The Bertz CT molecular complexity index is 688. The number of nitrogens with zero attached hydrogens (tertiary/aromatic N) is 3. The Kier molecular flexibility index (Phi) is 10.1. The van der Waals surface area contributed by atoms with Gasteiger partial charge in [0.15, 0.2) is 5.96 Å². The number of morpholine rings is 1. The number of guanidine groups is 1. The van der Waals surface area contributed by atoms with E-state index < -0.39 is 0 Å². The average molecular weight is 533 g/mol. The molecule has 2 fully saturated rings. The van der Waals surface area contributed by atoms with Crippen molar-refractivity contribution in [3.63, 3.8) is 0 Å². The van der Waals surface area contributed by atoms with E-state index in [1.807, 2.05) is 17.0 Å². The van der Waals surface area contributed by atoms with E-state index in [1.54, 1.807) is 13.1 Å². The van der Waals surface area contributed by atoms with E-state index in [2.05, 4.69) is 34.4 Å². The van der Waals surface area contributed by atoms with Gasteiger partial charge in [0.05, 0.1) is 18.9 Å². The first-order valence-electron chi connectivity index (χ1n) is 10.8. The molecule has 6 nitrogen and oxygen atoms in total. The zero-order chi connectivity index (χ0) is 20.7. The zero-order valence-corrected chi connectivity index (χ0v) is 20.9. The van der Waals surface area contributed by atoms with Gasteiger partial charge in [-0.15, -0.1) is 24.0 Å². The number of rotatable bonds is 6. The minimum absolute atomic E-state index is 0. The Morgan fingerprint density at radius 1 is 1.10 bits per heavy atom. The number of likely N-dealkylation sites (tertiary alicyclic amines) is 1. The summed E-state index contributed by atoms with van der Waals surface area (Å²) in [5.41, 5.74) is 1.63. The highest BCUT2D eigenvalue weighted by Crippen LogP contribution is 2.22. The van der Waals surface area contributed by atoms with Gasteiger partial charge in [-0.1, -0.05) is 12.5 Å². The van der Waals surface area contributed by atoms with Gasteiger partial charge in [-0.05, 0) is 57.5 Å².